The van der Waals surface area contributed by atoms with Crippen LogP contribution in [-0.4, -0.2) is 60.6 Å². The molecule has 1 aliphatic rings. The molecule has 0 aliphatic carbocycles. The number of hydrogen-bond acceptors (Lipinski definition) is 6. The molecule has 1 fully saturated rings. The summed E-state index contributed by atoms with van der Waals surface area (Å²) >= 11 is 1.33. The summed E-state index contributed by atoms with van der Waals surface area (Å²) in [7, 11) is -3.52. The molecule has 2 aromatic heterocycles. The number of nitrogens with zero attached hydrogens (tertiary/aromatic N) is 3. The number of anilines is 1. The lowest BCUT2D eigenvalue weighted by Gasteiger charge is -2.33. The van der Waals surface area contributed by atoms with Crippen LogP contribution in [0.1, 0.15) is 12.0 Å². The van der Waals surface area contributed by atoms with Gasteiger partial charge in [0.2, 0.25) is 21.8 Å². The Morgan fingerprint density at radius 2 is 1.96 bits per heavy atom. The van der Waals surface area contributed by atoms with Gasteiger partial charge in [-0.2, -0.15) is 15.6 Å². The Morgan fingerprint density at radius 3 is 2.59 bits per heavy atom. The van der Waals surface area contributed by atoms with E-state index >= 15 is 0 Å². The van der Waals surface area contributed by atoms with E-state index in [0.29, 0.717) is 5.69 Å². The maximum Gasteiger partial charge on any atom is 0.244 e. The topological polar surface area (TPSA) is 99.7 Å². The number of hydrogen-bond donors (Lipinski definition) is 1. The number of sulfonamides is 1. The molecule has 3 rings (SSSR count). The van der Waals surface area contributed by atoms with E-state index in [1.165, 1.54) is 26.7 Å². The van der Waals surface area contributed by atoms with Gasteiger partial charge in [0.15, 0.2) is 0 Å². The Bertz CT molecular complexity index is 920. The average Bonchev–Trinajstić information content (AvgIpc) is 3.19. The van der Waals surface area contributed by atoms with Crippen LogP contribution < -0.4 is 5.32 Å². The van der Waals surface area contributed by atoms with Gasteiger partial charge in [0.25, 0.3) is 0 Å². The fraction of sp³-hybridized carbons (Fsp3) is 0.353. The number of piperazine rings is 1. The van der Waals surface area contributed by atoms with Crippen LogP contribution in [0, 0.1) is 6.92 Å². The van der Waals surface area contributed by atoms with Crippen LogP contribution in [0.15, 0.2) is 40.2 Å². The zero-order valence-corrected chi connectivity index (χ0v) is 16.4. The number of rotatable bonds is 5. The molecular weight excluding hydrogens is 388 g/mol. The van der Waals surface area contributed by atoms with Gasteiger partial charge in [0.05, 0.1) is 16.8 Å². The summed E-state index contributed by atoms with van der Waals surface area (Å²) < 4.78 is 26.4. The monoisotopic (exact) mass is 408 g/mol. The smallest absolute Gasteiger partial charge is 0.244 e. The van der Waals surface area contributed by atoms with Crippen LogP contribution in [0.3, 0.4) is 0 Å². The van der Waals surface area contributed by atoms with Crippen LogP contribution in [-0.2, 0) is 19.6 Å². The van der Waals surface area contributed by atoms with Crippen molar-refractivity contribution in [2.45, 2.75) is 18.2 Å². The van der Waals surface area contributed by atoms with Crippen molar-refractivity contribution in [1.82, 2.24) is 14.2 Å². The normalized spacial score (nSPS) is 15.5. The van der Waals surface area contributed by atoms with E-state index in [2.05, 4.69) is 10.3 Å². The van der Waals surface area contributed by atoms with Gasteiger partial charge in [0.1, 0.15) is 6.42 Å². The number of carbonyl (C=O) groups is 2. The average molecular weight is 409 g/mol. The van der Waals surface area contributed by atoms with Gasteiger partial charge in [-0.25, -0.2) is 8.42 Å². The maximum absolute atomic E-state index is 12.5. The predicted octanol–water partition coefficient (Wildman–Crippen LogP) is 1.31. The number of amides is 2. The first-order valence-corrected chi connectivity index (χ1v) is 10.8. The zero-order valence-electron chi connectivity index (χ0n) is 14.8. The van der Waals surface area contributed by atoms with Gasteiger partial charge in [-0.3, -0.25) is 14.6 Å². The van der Waals surface area contributed by atoms with Gasteiger partial charge in [0, 0.05) is 37.8 Å². The van der Waals surface area contributed by atoms with E-state index in [-0.39, 0.29) is 43.4 Å². The summed E-state index contributed by atoms with van der Waals surface area (Å²) in [5.41, 5.74) is 1.43. The molecule has 10 heteroatoms. The minimum absolute atomic E-state index is 0.216. The molecule has 1 N–H and O–H groups in total. The quantitative estimate of drug-likeness (QED) is 0.752. The zero-order chi connectivity index (χ0) is 19.4. The second-order valence-electron chi connectivity index (χ2n) is 6.16. The van der Waals surface area contributed by atoms with Crippen molar-refractivity contribution in [2.24, 2.45) is 0 Å². The second-order valence-corrected chi connectivity index (χ2v) is 8.88. The molecule has 0 unspecified atom stereocenters. The van der Waals surface area contributed by atoms with Crippen LogP contribution in [0.25, 0.3) is 0 Å². The standard InChI is InChI=1S/C17H20N4O4S2/c1-13-2-4-18-11-15(13)19-16(22)10-17(23)20-5-7-21(8-6-20)27(24,25)14-3-9-26-12-14/h2-4,9,11-12H,5-8,10H2,1H3,(H,19,22). The number of carbonyl (C=O) groups excluding carboxylic acids is 2. The number of aryl methyl sites for hydroxylation is 1. The van der Waals surface area contributed by atoms with Crippen molar-refractivity contribution in [3.8, 4) is 0 Å². The van der Waals surface area contributed by atoms with Crippen molar-refractivity contribution >= 4 is 38.9 Å². The first-order valence-electron chi connectivity index (χ1n) is 8.38. The van der Waals surface area contributed by atoms with E-state index in [1.807, 2.05) is 6.92 Å². The van der Waals surface area contributed by atoms with Crippen molar-refractivity contribution < 1.29 is 18.0 Å². The Balaban J connectivity index is 1.53. The molecule has 2 aromatic rings. The predicted molar refractivity (Wildman–Crippen MR) is 102 cm³/mol. The van der Waals surface area contributed by atoms with Crippen LogP contribution in [0.4, 0.5) is 5.69 Å². The molecule has 144 valence electrons. The lowest BCUT2D eigenvalue weighted by molar-refractivity contribution is -0.135. The summed E-state index contributed by atoms with van der Waals surface area (Å²) in [5, 5.41) is 5.99. The molecule has 1 aliphatic heterocycles. The third-order valence-corrected chi connectivity index (χ3v) is 7.08. The van der Waals surface area contributed by atoms with E-state index < -0.39 is 15.9 Å². The molecule has 3 heterocycles. The van der Waals surface area contributed by atoms with Gasteiger partial charge in [-0.05, 0) is 30.0 Å². The number of aromatic nitrogens is 1. The SMILES string of the molecule is Cc1ccncc1NC(=O)CC(=O)N1CCN(S(=O)(=O)c2ccsc2)CC1. The van der Waals surface area contributed by atoms with E-state index in [0.717, 1.165) is 5.56 Å². The Morgan fingerprint density at radius 1 is 1.22 bits per heavy atom. The molecule has 8 nitrogen and oxygen atoms in total. The second kappa shape index (κ2) is 8.15. The highest BCUT2D eigenvalue weighted by molar-refractivity contribution is 7.89. The lowest BCUT2D eigenvalue weighted by Crippen LogP contribution is -2.50. The molecule has 0 radical (unpaired) electrons. The van der Waals surface area contributed by atoms with Gasteiger partial charge < -0.3 is 10.2 Å². The minimum atomic E-state index is -3.52. The summed E-state index contributed by atoms with van der Waals surface area (Å²) in [6.45, 7) is 2.80. The van der Waals surface area contributed by atoms with Crippen molar-refractivity contribution in [1.29, 1.82) is 0 Å². The van der Waals surface area contributed by atoms with Crippen LogP contribution in [0.5, 0.6) is 0 Å². The highest BCUT2D eigenvalue weighted by Gasteiger charge is 2.30. The van der Waals surface area contributed by atoms with Crippen molar-refractivity contribution in [3.05, 3.63) is 40.8 Å². The number of nitrogens with one attached hydrogen (secondary N) is 1. The fourth-order valence-corrected chi connectivity index (χ4v) is 5.20. The Hall–Kier alpha value is -2.30. The molecule has 0 saturated carbocycles. The lowest BCUT2D eigenvalue weighted by atomic mass is 10.2. The highest BCUT2D eigenvalue weighted by atomic mass is 32.2. The molecule has 0 aromatic carbocycles. The van der Waals surface area contributed by atoms with Gasteiger partial charge >= 0.3 is 0 Å². The highest BCUT2D eigenvalue weighted by Crippen LogP contribution is 2.20. The molecule has 0 spiro atoms. The maximum atomic E-state index is 12.5. The Labute approximate surface area is 161 Å². The molecular formula is C17H20N4O4S2. The summed E-state index contributed by atoms with van der Waals surface area (Å²) in [5.74, 6) is -0.731. The van der Waals surface area contributed by atoms with E-state index in [9.17, 15) is 18.0 Å². The molecule has 0 bridgehead atoms. The number of thiophene rings is 1. The van der Waals surface area contributed by atoms with E-state index in [1.54, 1.807) is 29.1 Å². The van der Waals surface area contributed by atoms with Crippen molar-refractivity contribution in [2.75, 3.05) is 31.5 Å². The summed E-state index contributed by atoms with van der Waals surface area (Å²) in [6.07, 6.45) is 2.87. The molecule has 1 saturated heterocycles. The largest absolute Gasteiger partial charge is 0.340 e. The van der Waals surface area contributed by atoms with Gasteiger partial charge in [-0.15, -0.1) is 0 Å². The van der Waals surface area contributed by atoms with Crippen molar-refractivity contribution in [3.63, 3.8) is 0 Å². The first-order chi connectivity index (χ1) is 12.9. The molecule has 2 amide bonds. The minimum Gasteiger partial charge on any atom is -0.340 e. The fourth-order valence-electron chi connectivity index (χ4n) is 2.76. The molecule has 27 heavy (non-hydrogen) atoms. The third kappa shape index (κ3) is 4.52. The van der Waals surface area contributed by atoms with Crippen LogP contribution >= 0.6 is 11.3 Å². The van der Waals surface area contributed by atoms with E-state index in [4.69, 9.17) is 0 Å². The molecule has 0 atom stereocenters. The number of pyridine rings is 1. The first kappa shape index (κ1) is 19.5. The van der Waals surface area contributed by atoms with Crippen LogP contribution in [0.2, 0.25) is 0 Å². The Kier molecular flexibility index (Phi) is 5.88. The summed E-state index contributed by atoms with van der Waals surface area (Å²) in [4.78, 5) is 30.2. The third-order valence-electron chi connectivity index (χ3n) is 4.35. The van der Waals surface area contributed by atoms with Gasteiger partial charge in [-0.1, -0.05) is 0 Å². The summed E-state index contributed by atoms with van der Waals surface area (Å²) in [6, 6.07) is 3.34.